The van der Waals surface area contributed by atoms with E-state index in [9.17, 15) is 0 Å². The minimum atomic E-state index is -1.50. The van der Waals surface area contributed by atoms with Crippen LogP contribution < -0.4 is 0 Å². The first-order valence-electron chi connectivity index (χ1n) is 14.3. The van der Waals surface area contributed by atoms with Crippen LogP contribution in [0.2, 0.25) is 18.1 Å². The normalized spacial score (nSPS) is 12.0. The molecule has 0 radical (unpaired) electrons. The lowest BCUT2D eigenvalue weighted by Crippen LogP contribution is -2.36. The van der Waals surface area contributed by atoms with Crippen LogP contribution in [0.15, 0.2) is 0 Å². The highest BCUT2D eigenvalue weighted by Crippen LogP contribution is 2.30. The number of hydrogen-bond donors (Lipinski definition) is 0. The van der Waals surface area contributed by atoms with E-state index < -0.39 is 8.32 Å². The Bertz CT molecular complexity index is 272. The molecule has 0 heterocycles. The van der Waals surface area contributed by atoms with Crippen molar-refractivity contribution in [3.8, 4) is 0 Å². The summed E-state index contributed by atoms with van der Waals surface area (Å²) in [5.41, 5.74) is 0. The van der Waals surface area contributed by atoms with Crippen LogP contribution in [-0.4, -0.2) is 15.4 Å². The zero-order chi connectivity index (χ0) is 22.2. The maximum Gasteiger partial charge on any atom is 0.192 e. The van der Waals surface area contributed by atoms with Gasteiger partial charge in [-0.3, -0.25) is 0 Å². The smallest absolute Gasteiger partial charge is 0.192 e. The van der Waals surface area contributed by atoms with Crippen LogP contribution in [0.4, 0.5) is 0 Å². The Labute approximate surface area is 193 Å². The summed E-state index contributed by atoms with van der Waals surface area (Å²) in [5.74, 6) is 0. The van der Waals surface area contributed by atoms with Crippen molar-refractivity contribution in [1.82, 2.24) is 0 Å². The molecule has 0 saturated heterocycles. The molecule has 2 heteroatoms. The summed E-state index contributed by atoms with van der Waals surface area (Å²) >= 11 is 0. The standard InChI is InChI=1S/C28H60OSi/c1-5-8-11-14-17-20-23-26-30(29-4,27-24-21-18-15-12-9-6-2)28-25-22-19-16-13-10-7-3/h5-28H2,1-4H3. The summed E-state index contributed by atoms with van der Waals surface area (Å²) in [6, 6.07) is 4.30. The molecule has 182 valence electrons. The topological polar surface area (TPSA) is 9.23 Å². The molecule has 0 saturated carbocycles. The second-order valence-electron chi connectivity index (χ2n) is 10.0. The fourth-order valence-electron chi connectivity index (χ4n) is 4.89. The molecule has 0 spiro atoms. The van der Waals surface area contributed by atoms with Crippen LogP contribution in [0.25, 0.3) is 0 Å². The minimum Gasteiger partial charge on any atom is -0.420 e. The fraction of sp³-hybridized carbons (Fsp3) is 1.00. The molecule has 0 atom stereocenters. The van der Waals surface area contributed by atoms with Crippen molar-refractivity contribution in [2.75, 3.05) is 7.11 Å². The summed E-state index contributed by atoms with van der Waals surface area (Å²) in [6.45, 7) is 6.94. The van der Waals surface area contributed by atoms with E-state index in [1.165, 1.54) is 153 Å². The average molecular weight is 441 g/mol. The lowest BCUT2D eigenvalue weighted by Gasteiger charge is -2.30. The molecule has 1 nitrogen and oxygen atoms in total. The van der Waals surface area contributed by atoms with E-state index in [4.69, 9.17) is 4.43 Å². The van der Waals surface area contributed by atoms with Gasteiger partial charge in [0.25, 0.3) is 0 Å². The molecule has 0 aromatic heterocycles. The predicted molar refractivity (Wildman–Crippen MR) is 141 cm³/mol. The zero-order valence-electron chi connectivity index (χ0n) is 21.9. The van der Waals surface area contributed by atoms with E-state index >= 15 is 0 Å². The minimum absolute atomic E-state index is 1.36. The first-order valence-corrected chi connectivity index (χ1v) is 16.8. The molecule has 0 aromatic rings. The van der Waals surface area contributed by atoms with Gasteiger partial charge in [0.1, 0.15) is 0 Å². The van der Waals surface area contributed by atoms with Gasteiger partial charge in [-0.15, -0.1) is 0 Å². The average Bonchev–Trinajstić information content (AvgIpc) is 2.76. The van der Waals surface area contributed by atoms with Gasteiger partial charge in [-0.25, -0.2) is 0 Å². The van der Waals surface area contributed by atoms with E-state index in [0.29, 0.717) is 0 Å². The highest BCUT2D eigenvalue weighted by atomic mass is 28.4. The van der Waals surface area contributed by atoms with Crippen LogP contribution in [0.5, 0.6) is 0 Å². The highest BCUT2D eigenvalue weighted by Gasteiger charge is 2.32. The summed E-state index contributed by atoms with van der Waals surface area (Å²) in [4.78, 5) is 0. The second-order valence-corrected chi connectivity index (χ2v) is 14.3. The number of rotatable bonds is 25. The number of unbranched alkanes of at least 4 members (excludes halogenated alkanes) is 18. The van der Waals surface area contributed by atoms with Crippen LogP contribution in [0, 0.1) is 0 Å². The molecular weight excluding hydrogens is 380 g/mol. The first kappa shape index (κ1) is 30.2. The maximum atomic E-state index is 6.41. The van der Waals surface area contributed by atoms with Gasteiger partial charge in [-0.1, -0.05) is 156 Å². The predicted octanol–water partition coefficient (Wildman–Crippen LogP) is 10.8. The SMILES string of the molecule is CCCCCCCCC[Si](CCCCCCCCC)(CCCCCCCCC)OC. The third-order valence-corrected chi connectivity index (χ3v) is 11.8. The van der Waals surface area contributed by atoms with Crippen LogP contribution in [-0.2, 0) is 4.43 Å². The Balaban J connectivity index is 4.23. The van der Waals surface area contributed by atoms with E-state index in [-0.39, 0.29) is 0 Å². The third kappa shape index (κ3) is 18.9. The van der Waals surface area contributed by atoms with Gasteiger partial charge >= 0.3 is 0 Å². The van der Waals surface area contributed by atoms with E-state index in [0.717, 1.165) is 0 Å². The molecule has 0 amide bonds. The molecule has 0 aliphatic heterocycles. The maximum absolute atomic E-state index is 6.41. The molecule has 0 aliphatic carbocycles. The molecule has 0 unspecified atom stereocenters. The molecule has 0 N–H and O–H groups in total. The van der Waals surface area contributed by atoms with E-state index in [1.54, 1.807) is 0 Å². The summed E-state index contributed by atoms with van der Waals surface area (Å²) in [5, 5.41) is 0. The Kier molecular flexibility index (Phi) is 24.0. The lowest BCUT2D eigenvalue weighted by atomic mass is 10.1. The molecule has 0 fully saturated rings. The highest BCUT2D eigenvalue weighted by molar-refractivity contribution is 6.73. The Morgan fingerprint density at radius 3 is 0.833 bits per heavy atom. The van der Waals surface area contributed by atoms with Crippen molar-refractivity contribution >= 4 is 8.32 Å². The fourth-order valence-corrected chi connectivity index (χ4v) is 8.94. The molecule has 0 aliphatic rings. The number of hydrogen-bond acceptors (Lipinski definition) is 1. The van der Waals surface area contributed by atoms with Crippen molar-refractivity contribution in [2.24, 2.45) is 0 Å². The molecular formula is C28H60OSi. The van der Waals surface area contributed by atoms with Gasteiger partial charge in [-0.2, -0.15) is 0 Å². The van der Waals surface area contributed by atoms with Crippen molar-refractivity contribution < 1.29 is 4.43 Å². The van der Waals surface area contributed by atoms with Gasteiger partial charge in [0, 0.05) is 7.11 Å². The van der Waals surface area contributed by atoms with Gasteiger partial charge in [0.05, 0.1) is 0 Å². The van der Waals surface area contributed by atoms with Crippen molar-refractivity contribution in [3.63, 3.8) is 0 Å². The summed E-state index contributed by atoms with van der Waals surface area (Å²) in [7, 11) is 0.570. The van der Waals surface area contributed by atoms with Crippen molar-refractivity contribution in [3.05, 3.63) is 0 Å². The van der Waals surface area contributed by atoms with Gasteiger partial charge < -0.3 is 4.43 Å². The summed E-state index contributed by atoms with van der Waals surface area (Å²) in [6.07, 6.45) is 30.0. The van der Waals surface area contributed by atoms with E-state index in [1.807, 2.05) is 0 Å². The lowest BCUT2D eigenvalue weighted by molar-refractivity contribution is 0.380. The third-order valence-electron chi connectivity index (χ3n) is 7.14. The van der Waals surface area contributed by atoms with Gasteiger partial charge in [0.2, 0.25) is 0 Å². The van der Waals surface area contributed by atoms with Gasteiger partial charge in [0.15, 0.2) is 8.32 Å². The van der Waals surface area contributed by atoms with Gasteiger partial charge in [-0.05, 0) is 18.1 Å². The van der Waals surface area contributed by atoms with E-state index in [2.05, 4.69) is 27.9 Å². The Hall–Kier alpha value is 0.177. The van der Waals surface area contributed by atoms with Crippen molar-refractivity contribution in [1.29, 1.82) is 0 Å². The largest absolute Gasteiger partial charge is 0.420 e. The monoisotopic (exact) mass is 440 g/mol. The molecule has 0 rings (SSSR count). The Morgan fingerprint density at radius 1 is 0.367 bits per heavy atom. The van der Waals surface area contributed by atoms with Crippen LogP contribution in [0.1, 0.15) is 156 Å². The molecule has 30 heavy (non-hydrogen) atoms. The quantitative estimate of drug-likeness (QED) is 0.101. The zero-order valence-corrected chi connectivity index (χ0v) is 22.9. The van der Waals surface area contributed by atoms with Crippen molar-refractivity contribution in [2.45, 2.75) is 174 Å². The Morgan fingerprint density at radius 2 is 0.600 bits per heavy atom. The summed E-state index contributed by atoms with van der Waals surface area (Å²) < 4.78 is 6.41. The second kappa shape index (κ2) is 23.8. The molecule has 0 bridgehead atoms. The van der Waals surface area contributed by atoms with Crippen LogP contribution in [0.3, 0.4) is 0 Å². The molecule has 0 aromatic carbocycles. The van der Waals surface area contributed by atoms with Crippen LogP contribution >= 0.6 is 0 Å². The first-order chi connectivity index (χ1) is 14.7.